The van der Waals surface area contributed by atoms with E-state index in [-0.39, 0.29) is 23.0 Å². The van der Waals surface area contributed by atoms with Crippen molar-refractivity contribution in [2.24, 2.45) is 0 Å². The number of benzene rings is 3. The molecule has 0 heterocycles. The van der Waals surface area contributed by atoms with E-state index in [0.29, 0.717) is 11.1 Å². The Labute approximate surface area is 166 Å². The molecule has 0 unspecified atom stereocenters. The molecule has 0 amide bonds. The molecule has 0 bridgehead atoms. The molecular formula is C24H28O4. The number of phenols is 4. The van der Waals surface area contributed by atoms with Gasteiger partial charge >= 0.3 is 0 Å². The van der Waals surface area contributed by atoms with Gasteiger partial charge < -0.3 is 20.4 Å². The Hall–Kier alpha value is -3.14. The number of phenolic OH excluding ortho intramolecular Hbond substituents is 4. The Morgan fingerprint density at radius 2 is 0.964 bits per heavy atom. The third kappa shape index (κ3) is 3.77. The van der Waals surface area contributed by atoms with Crippen molar-refractivity contribution in [3.8, 4) is 45.3 Å². The van der Waals surface area contributed by atoms with Crippen molar-refractivity contribution in [3.63, 3.8) is 0 Å². The summed E-state index contributed by atoms with van der Waals surface area (Å²) in [6.45, 7) is 11.3. The van der Waals surface area contributed by atoms with Crippen LogP contribution in [0.2, 0.25) is 0 Å². The minimum atomic E-state index is -0.208. The normalized spacial score (nSPS) is 10.4. The average molecular weight is 380 g/mol. The summed E-state index contributed by atoms with van der Waals surface area (Å²) < 4.78 is 0. The van der Waals surface area contributed by atoms with Gasteiger partial charge in [0.2, 0.25) is 0 Å². The van der Waals surface area contributed by atoms with Crippen LogP contribution in [-0.4, -0.2) is 20.4 Å². The molecule has 0 spiro atoms. The standard InChI is InChI=1S/C22H22O4.C2H6/c1-11-9-19(24)13(3)7-16(11)15-5-6-18(23)22(26)21(15)17-8-14(4)20(25)10-12(17)2;1-2/h5-10,23-26H,1-4H3;1-2H3. The third-order valence-corrected chi connectivity index (χ3v) is 4.80. The van der Waals surface area contributed by atoms with Gasteiger partial charge in [-0.1, -0.05) is 13.8 Å². The number of rotatable bonds is 2. The zero-order chi connectivity index (χ0) is 21.2. The summed E-state index contributed by atoms with van der Waals surface area (Å²) >= 11 is 0. The molecule has 4 heteroatoms. The second kappa shape index (κ2) is 8.26. The van der Waals surface area contributed by atoms with Crippen molar-refractivity contribution in [2.45, 2.75) is 41.5 Å². The fourth-order valence-electron chi connectivity index (χ4n) is 3.24. The van der Waals surface area contributed by atoms with Crippen LogP contribution in [0.5, 0.6) is 23.0 Å². The Morgan fingerprint density at radius 1 is 0.500 bits per heavy atom. The van der Waals surface area contributed by atoms with Crippen molar-refractivity contribution < 1.29 is 20.4 Å². The van der Waals surface area contributed by atoms with Crippen molar-refractivity contribution in [3.05, 3.63) is 58.7 Å². The lowest BCUT2D eigenvalue weighted by atomic mass is 9.87. The molecule has 3 aromatic carbocycles. The summed E-state index contributed by atoms with van der Waals surface area (Å²) in [5, 5.41) is 40.6. The maximum absolute atomic E-state index is 10.6. The molecule has 0 atom stereocenters. The summed E-state index contributed by atoms with van der Waals surface area (Å²) in [6.07, 6.45) is 0. The van der Waals surface area contributed by atoms with Crippen LogP contribution >= 0.6 is 0 Å². The van der Waals surface area contributed by atoms with Gasteiger partial charge in [-0.2, -0.15) is 0 Å². The van der Waals surface area contributed by atoms with Gasteiger partial charge in [-0.25, -0.2) is 0 Å². The molecule has 0 radical (unpaired) electrons. The van der Waals surface area contributed by atoms with E-state index in [2.05, 4.69) is 0 Å². The molecule has 28 heavy (non-hydrogen) atoms. The Balaban J connectivity index is 0.00000136. The zero-order valence-electron chi connectivity index (χ0n) is 17.3. The molecule has 4 nitrogen and oxygen atoms in total. The minimum Gasteiger partial charge on any atom is -0.508 e. The van der Waals surface area contributed by atoms with Crippen LogP contribution in [0, 0.1) is 27.7 Å². The first-order chi connectivity index (χ1) is 13.2. The zero-order valence-corrected chi connectivity index (χ0v) is 17.3. The van der Waals surface area contributed by atoms with E-state index in [1.807, 2.05) is 40.7 Å². The highest BCUT2D eigenvalue weighted by Gasteiger charge is 2.20. The fourth-order valence-corrected chi connectivity index (χ4v) is 3.24. The topological polar surface area (TPSA) is 80.9 Å². The first kappa shape index (κ1) is 21.2. The Bertz CT molecular complexity index is 1020. The van der Waals surface area contributed by atoms with Gasteiger partial charge in [-0.3, -0.25) is 0 Å². The molecule has 0 aromatic heterocycles. The lowest BCUT2D eigenvalue weighted by Crippen LogP contribution is -1.93. The number of aromatic hydroxyl groups is 4. The van der Waals surface area contributed by atoms with Crippen LogP contribution in [0.15, 0.2) is 36.4 Å². The molecule has 0 aliphatic carbocycles. The van der Waals surface area contributed by atoms with Crippen LogP contribution in [0.1, 0.15) is 36.1 Å². The highest BCUT2D eigenvalue weighted by Crippen LogP contribution is 2.46. The third-order valence-electron chi connectivity index (χ3n) is 4.80. The van der Waals surface area contributed by atoms with Gasteiger partial charge in [-0.05, 0) is 103 Å². The SMILES string of the molecule is CC.Cc1cc(-c2ccc(O)c(O)c2-c2cc(C)c(O)cc2C)c(C)cc1O. The summed E-state index contributed by atoms with van der Waals surface area (Å²) in [6, 6.07) is 10.2. The van der Waals surface area contributed by atoms with Gasteiger partial charge in [0, 0.05) is 5.56 Å². The van der Waals surface area contributed by atoms with Gasteiger partial charge in [0.1, 0.15) is 11.5 Å². The van der Waals surface area contributed by atoms with Crippen LogP contribution in [0.25, 0.3) is 22.3 Å². The maximum atomic E-state index is 10.6. The number of aryl methyl sites for hydroxylation is 4. The molecular weight excluding hydrogens is 352 g/mol. The van der Waals surface area contributed by atoms with E-state index in [4.69, 9.17) is 0 Å². The maximum Gasteiger partial charge on any atom is 0.166 e. The predicted molar refractivity (Wildman–Crippen MR) is 114 cm³/mol. The van der Waals surface area contributed by atoms with E-state index in [9.17, 15) is 20.4 Å². The molecule has 4 N–H and O–H groups in total. The number of hydrogen-bond acceptors (Lipinski definition) is 4. The molecule has 3 aromatic rings. The van der Waals surface area contributed by atoms with Gasteiger partial charge in [0.15, 0.2) is 11.5 Å². The highest BCUT2D eigenvalue weighted by molar-refractivity contribution is 5.92. The summed E-state index contributed by atoms with van der Waals surface area (Å²) in [5.41, 5.74) is 5.87. The molecule has 0 aliphatic heterocycles. The van der Waals surface area contributed by atoms with E-state index >= 15 is 0 Å². The van der Waals surface area contributed by atoms with Gasteiger partial charge in [0.25, 0.3) is 0 Å². The monoisotopic (exact) mass is 380 g/mol. The van der Waals surface area contributed by atoms with Crippen LogP contribution in [0.3, 0.4) is 0 Å². The van der Waals surface area contributed by atoms with E-state index in [1.165, 1.54) is 6.07 Å². The lowest BCUT2D eigenvalue weighted by Gasteiger charge is -2.18. The fraction of sp³-hybridized carbons (Fsp3) is 0.250. The quantitative estimate of drug-likeness (QED) is 0.405. The van der Waals surface area contributed by atoms with Crippen molar-refractivity contribution in [1.82, 2.24) is 0 Å². The van der Waals surface area contributed by atoms with E-state index in [0.717, 1.165) is 33.4 Å². The summed E-state index contributed by atoms with van der Waals surface area (Å²) in [5.74, 6) is -0.0144. The molecule has 3 rings (SSSR count). The van der Waals surface area contributed by atoms with E-state index in [1.54, 1.807) is 31.2 Å². The highest BCUT2D eigenvalue weighted by atomic mass is 16.3. The first-order valence-electron chi connectivity index (χ1n) is 9.36. The minimum absolute atomic E-state index is 0.184. The number of hydrogen-bond donors (Lipinski definition) is 4. The molecule has 148 valence electrons. The second-order valence-corrected chi connectivity index (χ2v) is 6.76. The van der Waals surface area contributed by atoms with Crippen LogP contribution in [0.4, 0.5) is 0 Å². The van der Waals surface area contributed by atoms with Gasteiger partial charge in [-0.15, -0.1) is 0 Å². The van der Waals surface area contributed by atoms with Crippen LogP contribution in [-0.2, 0) is 0 Å². The Kier molecular flexibility index (Phi) is 6.24. The van der Waals surface area contributed by atoms with E-state index < -0.39 is 0 Å². The Morgan fingerprint density at radius 3 is 1.50 bits per heavy atom. The van der Waals surface area contributed by atoms with Crippen molar-refractivity contribution in [2.75, 3.05) is 0 Å². The summed E-state index contributed by atoms with van der Waals surface area (Å²) in [4.78, 5) is 0. The van der Waals surface area contributed by atoms with Gasteiger partial charge in [0.05, 0.1) is 0 Å². The molecule has 0 aliphatic rings. The predicted octanol–water partition coefficient (Wildman–Crippen LogP) is 6.10. The van der Waals surface area contributed by atoms with Crippen molar-refractivity contribution >= 4 is 0 Å². The van der Waals surface area contributed by atoms with Crippen molar-refractivity contribution in [1.29, 1.82) is 0 Å². The molecule has 0 saturated heterocycles. The average Bonchev–Trinajstić information content (AvgIpc) is 2.66. The summed E-state index contributed by atoms with van der Waals surface area (Å²) in [7, 11) is 0. The van der Waals surface area contributed by atoms with Crippen LogP contribution < -0.4 is 0 Å². The largest absolute Gasteiger partial charge is 0.508 e. The molecule has 0 saturated carbocycles. The smallest absolute Gasteiger partial charge is 0.166 e. The lowest BCUT2D eigenvalue weighted by molar-refractivity contribution is 0.405. The first-order valence-corrected chi connectivity index (χ1v) is 9.36. The molecule has 0 fully saturated rings. The second-order valence-electron chi connectivity index (χ2n) is 6.76.